The van der Waals surface area contributed by atoms with E-state index >= 15 is 0 Å². The van der Waals surface area contributed by atoms with Crippen molar-refractivity contribution in [1.82, 2.24) is 33.9 Å². The first-order valence-corrected chi connectivity index (χ1v) is 13.4. The Morgan fingerprint density at radius 1 is 0.952 bits per heavy atom. The zero-order valence-electron chi connectivity index (χ0n) is 22.7. The Labute approximate surface area is 237 Å². The second-order valence-corrected chi connectivity index (χ2v) is 10.8. The quantitative estimate of drug-likeness (QED) is 0.263. The number of aliphatic hydroxyl groups is 1. The molecular weight excluding hydrogens is 551 g/mol. The predicted molar refractivity (Wildman–Crippen MR) is 149 cm³/mol. The molecule has 0 aromatic carbocycles. The Morgan fingerprint density at radius 3 is 2.40 bits per heavy atom. The summed E-state index contributed by atoms with van der Waals surface area (Å²) < 4.78 is 43.4. The maximum Gasteiger partial charge on any atom is 0.416 e. The van der Waals surface area contributed by atoms with Crippen LogP contribution in [0, 0.1) is 0 Å². The van der Waals surface area contributed by atoms with E-state index in [4.69, 9.17) is 0 Å². The topological polar surface area (TPSA) is 127 Å². The van der Waals surface area contributed by atoms with Gasteiger partial charge >= 0.3 is 6.18 Å². The third kappa shape index (κ3) is 5.70. The predicted octanol–water partition coefficient (Wildman–Crippen LogP) is 4.15. The maximum absolute atomic E-state index is 13.0. The minimum Gasteiger partial charge on any atom is -0.384 e. The summed E-state index contributed by atoms with van der Waals surface area (Å²) in [6.45, 7) is 3.31. The number of nitrogens with zero attached hydrogens (tertiary/aromatic N) is 7. The fourth-order valence-electron chi connectivity index (χ4n) is 4.98. The molecule has 0 radical (unpaired) electrons. The van der Waals surface area contributed by atoms with Gasteiger partial charge in [-0.25, -0.2) is 14.2 Å². The number of hydrogen-bond acceptors (Lipinski definition) is 8. The van der Waals surface area contributed by atoms with Gasteiger partial charge in [-0.2, -0.15) is 23.3 Å². The van der Waals surface area contributed by atoms with Gasteiger partial charge in [-0.3, -0.25) is 9.36 Å². The van der Waals surface area contributed by atoms with Gasteiger partial charge in [0.2, 0.25) is 5.95 Å². The number of halogens is 3. The van der Waals surface area contributed by atoms with Crippen molar-refractivity contribution in [3.63, 3.8) is 0 Å². The molecule has 1 aliphatic carbocycles. The molecule has 0 spiro atoms. The van der Waals surface area contributed by atoms with E-state index in [0.29, 0.717) is 22.9 Å². The van der Waals surface area contributed by atoms with Crippen molar-refractivity contribution in [2.45, 2.75) is 57.0 Å². The van der Waals surface area contributed by atoms with Crippen molar-refractivity contribution in [1.29, 1.82) is 0 Å². The van der Waals surface area contributed by atoms with Crippen LogP contribution in [-0.2, 0) is 11.8 Å². The standard InChI is InChI=1S/C28H28F3N9O2/c1-27(2,42)22-10-12-39(36-22)21-6-8-25(41)38(16-21)20-5-7-23(32-15-20)33-18-3-4-19(14-18)34-26-35-24-13-17(28(29,30)31)9-11-40(24)37-26/h5-13,15-16,18-19,42H,3-4,14H2,1-2H3,(H,32,33)(H,34,37)/t18-,19-/m0/s1. The number of fused-ring (bicyclic) bond motifs is 1. The van der Waals surface area contributed by atoms with Crippen LogP contribution in [0.5, 0.6) is 0 Å². The Morgan fingerprint density at radius 2 is 1.71 bits per heavy atom. The number of hydrogen-bond donors (Lipinski definition) is 3. The van der Waals surface area contributed by atoms with E-state index in [9.17, 15) is 23.1 Å². The summed E-state index contributed by atoms with van der Waals surface area (Å²) in [7, 11) is 0. The minimum atomic E-state index is -4.44. The monoisotopic (exact) mass is 579 g/mol. The van der Waals surface area contributed by atoms with Gasteiger partial charge in [0.25, 0.3) is 5.56 Å². The Hall–Kier alpha value is -4.72. The van der Waals surface area contributed by atoms with Crippen LogP contribution in [0.4, 0.5) is 24.9 Å². The Balaban J connectivity index is 1.09. The Kier molecular flexibility index (Phi) is 6.72. The Bertz CT molecular complexity index is 1790. The minimum absolute atomic E-state index is 0.0433. The summed E-state index contributed by atoms with van der Waals surface area (Å²) in [5.74, 6) is 0.933. The molecule has 1 fully saturated rings. The van der Waals surface area contributed by atoms with Gasteiger partial charge in [-0.05, 0) is 69.5 Å². The molecule has 5 aromatic heterocycles. The molecule has 5 heterocycles. The number of pyridine rings is 3. The van der Waals surface area contributed by atoms with Crippen molar-refractivity contribution >= 4 is 17.4 Å². The first-order valence-electron chi connectivity index (χ1n) is 13.4. The lowest BCUT2D eigenvalue weighted by Gasteiger charge is -2.15. The van der Waals surface area contributed by atoms with Crippen molar-refractivity contribution in [2.75, 3.05) is 10.6 Å². The number of alkyl halides is 3. The van der Waals surface area contributed by atoms with E-state index in [-0.39, 0.29) is 29.2 Å². The highest BCUT2D eigenvalue weighted by molar-refractivity contribution is 5.47. The molecule has 1 aliphatic rings. The zero-order chi connectivity index (χ0) is 29.6. The molecule has 218 valence electrons. The van der Waals surface area contributed by atoms with E-state index in [0.717, 1.165) is 31.4 Å². The summed E-state index contributed by atoms with van der Waals surface area (Å²) in [4.78, 5) is 21.3. The van der Waals surface area contributed by atoms with Gasteiger partial charge in [-0.15, -0.1) is 5.10 Å². The molecule has 0 bridgehead atoms. The first-order chi connectivity index (χ1) is 19.9. The molecule has 5 aromatic rings. The largest absolute Gasteiger partial charge is 0.416 e. The molecule has 0 saturated heterocycles. The van der Waals surface area contributed by atoms with Gasteiger partial charge in [0.1, 0.15) is 11.4 Å². The number of aromatic nitrogens is 7. The van der Waals surface area contributed by atoms with Crippen LogP contribution in [0.25, 0.3) is 17.0 Å². The van der Waals surface area contributed by atoms with Gasteiger partial charge in [0.15, 0.2) is 5.65 Å². The van der Waals surface area contributed by atoms with E-state index in [2.05, 4.69) is 30.8 Å². The molecule has 2 atom stereocenters. The summed E-state index contributed by atoms with van der Waals surface area (Å²) in [6.07, 6.45) is 4.22. The molecule has 0 aliphatic heterocycles. The van der Waals surface area contributed by atoms with Gasteiger partial charge in [0.05, 0.1) is 28.8 Å². The van der Waals surface area contributed by atoms with Gasteiger partial charge < -0.3 is 15.7 Å². The van der Waals surface area contributed by atoms with Crippen LogP contribution in [0.2, 0.25) is 0 Å². The van der Waals surface area contributed by atoms with Crippen molar-refractivity contribution in [3.05, 3.63) is 88.9 Å². The number of nitrogens with one attached hydrogen (secondary N) is 2. The van der Waals surface area contributed by atoms with Crippen molar-refractivity contribution in [2.24, 2.45) is 0 Å². The van der Waals surface area contributed by atoms with Crippen LogP contribution in [0.1, 0.15) is 44.4 Å². The molecule has 3 N–H and O–H groups in total. The lowest BCUT2D eigenvalue weighted by atomic mass is 10.1. The fraction of sp³-hybridized carbons (Fsp3) is 0.321. The van der Waals surface area contributed by atoms with E-state index in [1.54, 1.807) is 61.4 Å². The van der Waals surface area contributed by atoms with Crippen LogP contribution < -0.4 is 16.2 Å². The zero-order valence-corrected chi connectivity index (χ0v) is 22.7. The lowest BCUT2D eigenvalue weighted by molar-refractivity contribution is -0.137. The van der Waals surface area contributed by atoms with Crippen LogP contribution in [0.3, 0.4) is 0 Å². The molecule has 42 heavy (non-hydrogen) atoms. The third-order valence-corrected chi connectivity index (χ3v) is 7.18. The average Bonchev–Trinajstić information content (AvgIpc) is 3.68. The molecule has 0 unspecified atom stereocenters. The van der Waals surface area contributed by atoms with Crippen LogP contribution in [0.15, 0.2) is 72.0 Å². The summed E-state index contributed by atoms with van der Waals surface area (Å²) >= 11 is 0. The summed E-state index contributed by atoms with van der Waals surface area (Å²) in [6, 6.07) is 10.5. The second kappa shape index (κ2) is 10.3. The average molecular weight is 580 g/mol. The van der Waals surface area contributed by atoms with Crippen molar-refractivity contribution < 1.29 is 18.3 Å². The molecule has 14 heteroatoms. The van der Waals surface area contributed by atoms with Crippen LogP contribution >= 0.6 is 0 Å². The molecular formula is C28H28F3N9O2. The van der Waals surface area contributed by atoms with Crippen LogP contribution in [-0.4, -0.2) is 51.1 Å². The van der Waals surface area contributed by atoms with Gasteiger partial charge in [0, 0.05) is 36.7 Å². The molecule has 11 nitrogen and oxygen atoms in total. The highest BCUT2D eigenvalue weighted by Gasteiger charge is 2.31. The molecule has 0 amide bonds. The van der Waals surface area contributed by atoms with E-state index in [1.807, 2.05) is 0 Å². The molecule has 6 rings (SSSR count). The maximum atomic E-state index is 13.0. The highest BCUT2D eigenvalue weighted by atomic mass is 19.4. The summed E-state index contributed by atoms with van der Waals surface area (Å²) in [5, 5.41) is 25.5. The van der Waals surface area contributed by atoms with E-state index < -0.39 is 17.3 Å². The fourth-order valence-corrected chi connectivity index (χ4v) is 4.98. The number of anilines is 2. The number of rotatable bonds is 7. The third-order valence-electron chi connectivity index (χ3n) is 7.18. The molecule has 1 saturated carbocycles. The second-order valence-electron chi connectivity index (χ2n) is 10.8. The smallest absolute Gasteiger partial charge is 0.384 e. The summed E-state index contributed by atoms with van der Waals surface area (Å²) in [5.41, 5.74) is -0.215. The highest BCUT2D eigenvalue weighted by Crippen LogP contribution is 2.30. The SMILES string of the molecule is CC(C)(O)c1ccn(-c2ccc(=O)n(-c3ccc(N[C@H]4CC[C@H](Nc5nc6cc(C(F)(F)F)ccn6n5)C4)nc3)c2)n1. The normalized spacial score (nSPS) is 17.6. The lowest BCUT2D eigenvalue weighted by Crippen LogP contribution is -2.22. The van der Waals surface area contributed by atoms with E-state index in [1.165, 1.54) is 21.3 Å². The van der Waals surface area contributed by atoms with Gasteiger partial charge in [-0.1, -0.05) is 0 Å². The first kappa shape index (κ1) is 27.4. The van der Waals surface area contributed by atoms with Crippen molar-refractivity contribution in [3.8, 4) is 11.4 Å².